The molecule has 0 unspecified atom stereocenters. The van der Waals surface area contributed by atoms with Crippen molar-refractivity contribution < 1.29 is 4.79 Å². The molecule has 1 N–H and O–H groups in total. The Hall–Kier alpha value is -2.72. The first-order valence-corrected chi connectivity index (χ1v) is 10.3. The number of aromatic nitrogens is 2. The number of fused-ring (bicyclic) bond motifs is 1. The van der Waals surface area contributed by atoms with E-state index in [0.717, 1.165) is 36.2 Å². The van der Waals surface area contributed by atoms with E-state index in [-0.39, 0.29) is 17.2 Å². The topological polar surface area (TPSA) is 46.9 Å². The normalized spacial score (nSPS) is 17.7. The van der Waals surface area contributed by atoms with Crippen molar-refractivity contribution in [3.05, 3.63) is 82.7 Å². The molecule has 0 bridgehead atoms. The van der Waals surface area contributed by atoms with Gasteiger partial charge in [-0.15, -0.1) is 0 Å². The number of benzene rings is 2. The molecule has 3 aromatic rings. The molecule has 1 atom stereocenters. The molecule has 0 spiro atoms. The predicted octanol–water partition coefficient (Wildman–Crippen LogP) is 5.19. The fourth-order valence-corrected chi connectivity index (χ4v) is 4.37. The molecule has 0 fully saturated rings. The van der Waals surface area contributed by atoms with E-state index < -0.39 is 0 Å². The van der Waals surface area contributed by atoms with Crippen molar-refractivity contribution >= 4 is 5.78 Å². The lowest BCUT2D eigenvalue weighted by Gasteiger charge is -2.36. The summed E-state index contributed by atoms with van der Waals surface area (Å²) >= 11 is 0. The summed E-state index contributed by atoms with van der Waals surface area (Å²) in [7, 11) is 0. The molecular weight excluding hydrogens is 358 g/mol. The maximum absolute atomic E-state index is 11.7. The van der Waals surface area contributed by atoms with Crippen LogP contribution in [0.5, 0.6) is 0 Å². The van der Waals surface area contributed by atoms with Crippen molar-refractivity contribution in [2.24, 2.45) is 5.41 Å². The van der Waals surface area contributed by atoms with Crippen molar-refractivity contribution in [3.8, 4) is 5.69 Å². The summed E-state index contributed by atoms with van der Waals surface area (Å²) in [5, 5.41) is 8.50. The van der Waals surface area contributed by atoms with Crippen LogP contribution in [0.1, 0.15) is 66.0 Å². The summed E-state index contributed by atoms with van der Waals surface area (Å²) in [6.07, 6.45) is 4.10. The van der Waals surface area contributed by atoms with Gasteiger partial charge in [0.2, 0.25) is 0 Å². The van der Waals surface area contributed by atoms with E-state index >= 15 is 0 Å². The minimum absolute atomic E-state index is 0.104. The highest BCUT2D eigenvalue weighted by atomic mass is 16.1. The van der Waals surface area contributed by atoms with E-state index in [0.29, 0.717) is 0 Å². The first-order valence-electron chi connectivity index (χ1n) is 10.3. The van der Waals surface area contributed by atoms with E-state index in [4.69, 9.17) is 5.10 Å². The van der Waals surface area contributed by atoms with E-state index in [1.54, 1.807) is 6.92 Å². The Morgan fingerprint density at radius 1 is 1.21 bits per heavy atom. The fraction of sp³-hybridized carbons (Fsp3) is 0.360. The second-order valence-corrected chi connectivity index (χ2v) is 8.98. The van der Waals surface area contributed by atoms with Gasteiger partial charge in [-0.3, -0.25) is 4.79 Å². The van der Waals surface area contributed by atoms with Gasteiger partial charge in [0.15, 0.2) is 5.78 Å². The number of nitrogens with zero attached hydrogens (tertiary/aromatic N) is 2. The standard InChI is InChI=1S/C25H29N3O/c1-17-8-5-6-11-23(17)28-24-14-25(3,4)13-22(21(24)16-27-28)26-15-19-9-7-10-20(12-19)18(2)29/h5-12,16,22,26H,13-15H2,1-4H3/t22-/m1/s1. The van der Waals surface area contributed by atoms with Crippen LogP contribution < -0.4 is 5.32 Å². The molecule has 4 heteroatoms. The summed E-state index contributed by atoms with van der Waals surface area (Å²) < 4.78 is 2.12. The number of rotatable bonds is 5. The fourth-order valence-electron chi connectivity index (χ4n) is 4.37. The van der Waals surface area contributed by atoms with Gasteiger partial charge in [0.05, 0.1) is 11.9 Å². The molecule has 29 heavy (non-hydrogen) atoms. The van der Waals surface area contributed by atoms with E-state index in [2.05, 4.69) is 61.1 Å². The van der Waals surface area contributed by atoms with Gasteiger partial charge in [-0.25, -0.2) is 4.68 Å². The van der Waals surface area contributed by atoms with Crippen molar-refractivity contribution in [1.82, 2.24) is 15.1 Å². The Bertz CT molecular complexity index is 1050. The van der Waals surface area contributed by atoms with Gasteiger partial charge in [-0.05, 0) is 55.4 Å². The highest BCUT2D eigenvalue weighted by Crippen LogP contribution is 2.41. The first-order chi connectivity index (χ1) is 13.8. The molecule has 1 heterocycles. The van der Waals surface area contributed by atoms with Crippen molar-refractivity contribution in [2.45, 2.75) is 53.1 Å². The zero-order valence-corrected chi connectivity index (χ0v) is 17.7. The summed E-state index contributed by atoms with van der Waals surface area (Å²) in [6, 6.07) is 16.6. The predicted molar refractivity (Wildman–Crippen MR) is 116 cm³/mol. The van der Waals surface area contributed by atoms with E-state index in [9.17, 15) is 4.79 Å². The minimum Gasteiger partial charge on any atom is -0.306 e. The molecule has 1 aliphatic carbocycles. The number of carbonyl (C=O) groups is 1. The maximum atomic E-state index is 11.7. The van der Waals surface area contributed by atoms with Gasteiger partial charge >= 0.3 is 0 Å². The molecule has 0 aliphatic heterocycles. The first kappa shape index (κ1) is 19.6. The van der Waals surface area contributed by atoms with Gasteiger partial charge < -0.3 is 5.32 Å². The lowest BCUT2D eigenvalue weighted by molar-refractivity contribution is 0.101. The van der Waals surface area contributed by atoms with Crippen LogP contribution in [0.4, 0.5) is 0 Å². The molecule has 2 aromatic carbocycles. The van der Waals surface area contributed by atoms with Gasteiger partial charge in [0.25, 0.3) is 0 Å². The molecule has 0 saturated carbocycles. The van der Waals surface area contributed by atoms with Gasteiger partial charge in [0, 0.05) is 29.4 Å². The number of ketones is 1. The summed E-state index contributed by atoms with van der Waals surface area (Å²) in [6.45, 7) is 9.14. The van der Waals surface area contributed by atoms with Gasteiger partial charge in [-0.2, -0.15) is 5.10 Å². The monoisotopic (exact) mass is 387 g/mol. The molecule has 1 aliphatic rings. The van der Waals surface area contributed by atoms with Crippen molar-refractivity contribution in [3.63, 3.8) is 0 Å². The number of hydrogen-bond donors (Lipinski definition) is 1. The van der Waals surface area contributed by atoms with Gasteiger partial charge in [-0.1, -0.05) is 50.2 Å². The number of carbonyl (C=O) groups excluding carboxylic acids is 1. The number of nitrogens with one attached hydrogen (secondary N) is 1. The molecule has 0 radical (unpaired) electrons. The third-order valence-corrected chi connectivity index (χ3v) is 5.91. The lowest BCUT2D eigenvalue weighted by Crippen LogP contribution is -2.33. The molecule has 4 rings (SSSR count). The highest BCUT2D eigenvalue weighted by Gasteiger charge is 2.35. The summed E-state index contributed by atoms with van der Waals surface area (Å²) in [5.74, 6) is 0.104. The van der Waals surface area contributed by atoms with Crippen LogP contribution in [0, 0.1) is 12.3 Å². The molecule has 150 valence electrons. The van der Waals surface area contributed by atoms with Crippen LogP contribution in [-0.4, -0.2) is 15.6 Å². The quantitative estimate of drug-likeness (QED) is 0.613. The molecule has 0 saturated heterocycles. The Morgan fingerprint density at radius 2 is 2.00 bits per heavy atom. The minimum atomic E-state index is 0.104. The number of hydrogen-bond acceptors (Lipinski definition) is 3. The molecular formula is C25H29N3O. The molecule has 1 aromatic heterocycles. The smallest absolute Gasteiger partial charge is 0.159 e. The average Bonchev–Trinajstić information content (AvgIpc) is 3.09. The summed E-state index contributed by atoms with van der Waals surface area (Å²) in [4.78, 5) is 11.7. The second-order valence-electron chi connectivity index (χ2n) is 8.98. The van der Waals surface area contributed by atoms with Crippen LogP contribution in [0.3, 0.4) is 0 Å². The third-order valence-electron chi connectivity index (χ3n) is 5.91. The number of Topliss-reactive ketones (excluding diaryl/α,β-unsaturated/α-hetero) is 1. The second kappa shape index (κ2) is 7.60. The van der Waals surface area contributed by atoms with Gasteiger partial charge in [0.1, 0.15) is 0 Å². The van der Waals surface area contributed by atoms with Crippen molar-refractivity contribution in [1.29, 1.82) is 0 Å². The zero-order chi connectivity index (χ0) is 20.6. The average molecular weight is 388 g/mol. The maximum Gasteiger partial charge on any atom is 0.159 e. The number of para-hydroxylation sites is 1. The van der Waals surface area contributed by atoms with E-state index in [1.807, 2.05) is 24.4 Å². The van der Waals surface area contributed by atoms with Crippen LogP contribution >= 0.6 is 0 Å². The van der Waals surface area contributed by atoms with Crippen LogP contribution in [0.15, 0.2) is 54.7 Å². The highest BCUT2D eigenvalue weighted by molar-refractivity contribution is 5.94. The molecule has 0 amide bonds. The summed E-state index contributed by atoms with van der Waals surface area (Å²) in [5.41, 5.74) is 7.05. The largest absolute Gasteiger partial charge is 0.306 e. The Balaban J connectivity index is 1.63. The third kappa shape index (κ3) is 4.03. The number of aryl methyl sites for hydroxylation is 1. The Morgan fingerprint density at radius 3 is 2.76 bits per heavy atom. The zero-order valence-electron chi connectivity index (χ0n) is 17.7. The molecule has 4 nitrogen and oxygen atoms in total. The lowest BCUT2D eigenvalue weighted by atomic mass is 9.74. The Labute approximate surface area is 173 Å². The Kier molecular flexibility index (Phi) is 5.13. The van der Waals surface area contributed by atoms with Crippen LogP contribution in [0.25, 0.3) is 5.69 Å². The SMILES string of the molecule is CC(=O)c1cccc(CN[C@@H]2CC(C)(C)Cc3c2cnn3-c2ccccc2C)c1. The van der Waals surface area contributed by atoms with Crippen LogP contribution in [-0.2, 0) is 13.0 Å². The van der Waals surface area contributed by atoms with E-state index in [1.165, 1.54) is 16.8 Å². The van der Waals surface area contributed by atoms with Crippen molar-refractivity contribution in [2.75, 3.05) is 0 Å². The van der Waals surface area contributed by atoms with Crippen LogP contribution in [0.2, 0.25) is 0 Å².